The van der Waals surface area contributed by atoms with Crippen molar-refractivity contribution < 1.29 is 14.3 Å². The van der Waals surface area contributed by atoms with Gasteiger partial charge < -0.3 is 4.74 Å². The number of Topliss-reactive ketones (excluding diaryl/α,β-unsaturated/α-hetero) is 1. The zero-order chi connectivity index (χ0) is 13.6. The molecule has 0 aliphatic carbocycles. The van der Waals surface area contributed by atoms with Crippen molar-refractivity contribution in [2.45, 2.75) is 53.1 Å². The van der Waals surface area contributed by atoms with Gasteiger partial charge in [-0.1, -0.05) is 19.9 Å². The molecule has 0 radical (unpaired) electrons. The van der Waals surface area contributed by atoms with Crippen molar-refractivity contribution in [3.05, 3.63) is 12.7 Å². The number of carbonyl (C=O) groups excluding carboxylic acids is 2. The third-order valence-electron chi connectivity index (χ3n) is 2.26. The number of ether oxygens (including phenoxy) is 1. The monoisotopic (exact) mass is 240 g/mol. The van der Waals surface area contributed by atoms with Crippen LogP contribution in [0.4, 0.5) is 0 Å². The quantitative estimate of drug-likeness (QED) is 0.407. The number of rotatable bonds is 6. The van der Waals surface area contributed by atoms with Gasteiger partial charge in [-0.15, -0.1) is 6.58 Å². The molecule has 0 saturated carbocycles. The van der Waals surface area contributed by atoms with Crippen LogP contribution in [-0.2, 0) is 14.3 Å². The SMILES string of the molecule is C=CCCC(C(=O)OC(C)(C)C)C(=O)C(C)C. The van der Waals surface area contributed by atoms with Gasteiger partial charge in [-0.2, -0.15) is 0 Å². The minimum atomic E-state index is -0.660. The summed E-state index contributed by atoms with van der Waals surface area (Å²) in [6.45, 7) is 12.6. The Labute approximate surface area is 104 Å². The number of allylic oxidation sites excluding steroid dienone is 1. The Morgan fingerprint density at radius 2 is 1.82 bits per heavy atom. The van der Waals surface area contributed by atoms with Crippen LogP contribution in [0.3, 0.4) is 0 Å². The summed E-state index contributed by atoms with van der Waals surface area (Å²) in [5, 5.41) is 0. The maximum Gasteiger partial charge on any atom is 0.317 e. The molecule has 0 aromatic carbocycles. The molecule has 0 N–H and O–H groups in total. The number of hydrogen-bond acceptors (Lipinski definition) is 3. The van der Waals surface area contributed by atoms with Crippen molar-refractivity contribution in [2.24, 2.45) is 11.8 Å². The Bertz CT molecular complexity index is 284. The molecule has 0 aromatic heterocycles. The first kappa shape index (κ1) is 15.9. The van der Waals surface area contributed by atoms with E-state index in [2.05, 4.69) is 6.58 Å². The van der Waals surface area contributed by atoms with Crippen molar-refractivity contribution in [3.63, 3.8) is 0 Å². The summed E-state index contributed by atoms with van der Waals surface area (Å²) in [7, 11) is 0. The summed E-state index contributed by atoms with van der Waals surface area (Å²) in [4.78, 5) is 23.9. The molecular weight excluding hydrogens is 216 g/mol. The van der Waals surface area contributed by atoms with Gasteiger partial charge in [0.2, 0.25) is 0 Å². The van der Waals surface area contributed by atoms with Gasteiger partial charge in [0.15, 0.2) is 0 Å². The molecular formula is C14H24O3. The third kappa shape index (κ3) is 6.25. The molecule has 0 rings (SSSR count). The highest BCUT2D eigenvalue weighted by Crippen LogP contribution is 2.19. The van der Waals surface area contributed by atoms with E-state index in [1.807, 2.05) is 0 Å². The van der Waals surface area contributed by atoms with Gasteiger partial charge in [-0.05, 0) is 33.6 Å². The zero-order valence-electron chi connectivity index (χ0n) is 11.6. The lowest BCUT2D eigenvalue weighted by atomic mass is 9.91. The molecule has 0 saturated heterocycles. The van der Waals surface area contributed by atoms with E-state index in [0.29, 0.717) is 12.8 Å². The van der Waals surface area contributed by atoms with Crippen LogP contribution in [0.2, 0.25) is 0 Å². The third-order valence-corrected chi connectivity index (χ3v) is 2.26. The average Bonchev–Trinajstić information content (AvgIpc) is 2.15. The predicted octanol–water partition coefficient (Wildman–Crippen LogP) is 3.14. The number of hydrogen-bond donors (Lipinski definition) is 0. The van der Waals surface area contributed by atoms with E-state index in [1.165, 1.54) is 0 Å². The Kier molecular flexibility index (Phi) is 6.14. The molecule has 3 heteroatoms. The topological polar surface area (TPSA) is 43.4 Å². The van der Waals surface area contributed by atoms with Crippen LogP contribution >= 0.6 is 0 Å². The highest BCUT2D eigenvalue weighted by atomic mass is 16.6. The minimum Gasteiger partial charge on any atom is -0.459 e. The maximum atomic E-state index is 11.9. The van der Waals surface area contributed by atoms with E-state index in [9.17, 15) is 9.59 Å². The van der Waals surface area contributed by atoms with Crippen molar-refractivity contribution in [2.75, 3.05) is 0 Å². The minimum absolute atomic E-state index is 0.0545. The summed E-state index contributed by atoms with van der Waals surface area (Å²) >= 11 is 0. The summed E-state index contributed by atoms with van der Waals surface area (Å²) < 4.78 is 5.27. The van der Waals surface area contributed by atoms with E-state index in [0.717, 1.165) is 0 Å². The lowest BCUT2D eigenvalue weighted by Crippen LogP contribution is -2.34. The predicted molar refractivity (Wildman–Crippen MR) is 68.6 cm³/mol. The molecule has 1 atom stereocenters. The summed E-state index contributed by atoms with van der Waals surface area (Å²) in [5.74, 6) is -1.29. The average molecular weight is 240 g/mol. The van der Waals surface area contributed by atoms with Crippen LogP contribution < -0.4 is 0 Å². The summed E-state index contributed by atoms with van der Waals surface area (Å²) in [6.07, 6.45) is 2.84. The zero-order valence-corrected chi connectivity index (χ0v) is 11.6. The van der Waals surface area contributed by atoms with Gasteiger partial charge >= 0.3 is 5.97 Å². The highest BCUT2D eigenvalue weighted by Gasteiger charge is 2.31. The van der Waals surface area contributed by atoms with Crippen LogP contribution in [-0.4, -0.2) is 17.4 Å². The van der Waals surface area contributed by atoms with Gasteiger partial charge in [0.05, 0.1) is 0 Å². The largest absolute Gasteiger partial charge is 0.459 e. The molecule has 3 nitrogen and oxygen atoms in total. The van der Waals surface area contributed by atoms with E-state index in [4.69, 9.17) is 4.74 Å². The summed E-state index contributed by atoms with van der Waals surface area (Å²) in [5.41, 5.74) is -0.555. The first-order valence-corrected chi connectivity index (χ1v) is 6.06. The van der Waals surface area contributed by atoms with Gasteiger partial charge in [0.1, 0.15) is 17.3 Å². The first-order chi connectivity index (χ1) is 7.69. The molecule has 0 spiro atoms. The molecule has 0 aliphatic heterocycles. The molecule has 0 bridgehead atoms. The standard InChI is InChI=1S/C14H24O3/c1-7-8-9-11(12(15)10(2)3)13(16)17-14(4,5)6/h7,10-11H,1,8-9H2,2-6H3. The number of ketones is 1. The van der Waals surface area contributed by atoms with Crippen molar-refractivity contribution >= 4 is 11.8 Å². The molecule has 98 valence electrons. The van der Waals surface area contributed by atoms with E-state index < -0.39 is 17.5 Å². The molecule has 0 aromatic rings. The lowest BCUT2D eigenvalue weighted by Gasteiger charge is -2.24. The van der Waals surface area contributed by atoms with Gasteiger partial charge in [-0.25, -0.2) is 0 Å². The van der Waals surface area contributed by atoms with Crippen LogP contribution in [0.25, 0.3) is 0 Å². The molecule has 0 fully saturated rings. The van der Waals surface area contributed by atoms with Crippen molar-refractivity contribution in [1.82, 2.24) is 0 Å². The number of carbonyl (C=O) groups is 2. The normalized spacial score (nSPS) is 13.3. The highest BCUT2D eigenvalue weighted by molar-refractivity contribution is 5.99. The number of esters is 1. The van der Waals surface area contributed by atoms with Crippen LogP contribution in [0, 0.1) is 11.8 Å². The second-order valence-corrected chi connectivity index (χ2v) is 5.51. The van der Waals surface area contributed by atoms with Crippen molar-refractivity contribution in [1.29, 1.82) is 0 Å². The fourth-order valence-electron chi connectivity index (χ4n) is 1.44. The van der Waals surface area contributed by atoms with Crippen molar-refractivity contribution in [3.8, 4) is 0 Å². The maximum absolute atomic E-state index is 11.9. The molecule has 0 aliphatic rings. The second-order valence-electron chi connectivity index (χ2n) is 5.51. The summed E-state index contributed by atoms with van der Waals surface area (Å²) in [6, 6.07) is 0. The van der Waals surface area contributed by atoms with Crippen LogP contribution in [0.15, 0.2) is 12.7 Å². The van der Waals surface area contributed by atoms with E-state index in [-0.39, 0.29) is 11.7 Å². The molecule has 0 amide bonds. The first-order valence-electron chi connectivity index (χ1n) is 6.06. The second kappa shape index (κ2) is 6.58. The fraction of sp³-hybridized carbons (Fsp3) is 0.714. The smallest absolute Gasteiger partial charge is 0.317 e. The Morgan fingerprint density at radius 3 is 2.18 bits per heavy atom. The van der Waals surface area contributed by atoms with Crippen LogP contribution in [0.5, 0.6) is 0 Å². The van der Waals surface area contributed by atoms with Gasteiger partial charge in [-0.3, -0.25) is 9.59 Å². The van der Waals surface area contributed by atoms with Gasteiger partial charge in [0.25, 0.3) is 0 Å². The van der Waals surface area contributed by atoms with E-state index >= 15 is 0 Å². The molecule has 0 heterocycles. The van der Waals surface area contributed by atoms with Gasteiger partial charge in [0, 0.05) is 5.92 Å². The van der Waals surface area contributed by atoms with Crippen LogP contribution in [0.1, 0.15) is 47.5 Å². The Morgan fingerprint density at radius 1 is 1.29 bits per heavy atom. The Hall–Kier alpha value is -1.12. The fourth-order valence-corrected chi connectivity index (χ4v) is 1.44. The Balaban J connectivity index is 4.73. The molecule has 17 heavy (non-hydrogen) atoms. The van der Waals surface area contributed by atoms with E-state index in [1.54, 1.807) is 40.7 Å². The lowest BCUT2D eigenvalue weighted by molar-refractivity contribution is -0.162. The molecule has 1 unspecified atom stereocenters.